The van der Waals surface area contributed by atoms with Crippen LogP contribution in [0, 0.1) is 0 Å². The van der Waals surface area contributed by atoms with Crippen molar-refractivity contribution in [2.24, 2.45) is 0 Å². The molecule has 1 rings (SSSR count). The Labute approximate surface area is 64.5 Å². The minimum Gasteiger partial charge on any atom is -0.428 e. The molecule has 0 saturated heterocycles. The summed E-state index contributed by atoms with van der Waals surface area (Å²) in [5.74, 6) is 0. The van der Waals surface area contributed by atoms with Crippen LogP contribution in [0.4, 0.5) is 0 Å². The summed E-state index contributed by atoms with van der Waals surface area (Å²) in [6, 6.07) is 3.87. The molecule has 0 atom stereocenters. The van der Waals surface area contributed by atoms with Gasteiger partial charge < -0.3 is 24.0 Å². The van der Waals surface area contributed by atoms with Gasteiger partial charge in [0.25, 0.3) is 0 Å². The second kappa shape index (κ2) is 3.51. The fourth-order valence-electron chi connectivity index (χ4n) is 0.263. The molecule has 32 valence electrons. The monoisotopic (exact) mass is 122 g/mol. The van der Waals surface area contributed by atoms with Gasteiger partial charge in [-0.2, -0.15) is 0 Å². The Kier molecular flexibility index (Phi) is 3.77. The average Bonchev–Trinajstić information content (AvgIpc) is 1.86. The van der Waals surface area contributed by atoms with Crippen molar-refractivity contribution in [1.82, 2.24) is 0 Å². The molecule has 0 radical (unpaired) electrons. The zero-order valence-corrected chi connectivity index (χ0v) is 5.68. The van der Waals surface area contributed by atoms with E-state index >= 15 is 0 Å². The third kappa shape index (κ3) is 2.35. The molecule has 0 aliphatic carbocycles. The van der Waals surface area contributed by atoms with E-state index in [0.717, 1.165) is 4.21 Å². The molecule has 0 fully saturated rings. The molecule has 1 aromatic rings. The fraction of sp³-hybridized carbons (Fsp3) is 0. The van der Waals surface area contributed by atoms with E-state index in [1.165, 1.54) is 0 Å². The van der Waals surface area contributed by atoms with Crippen molar-refractivity contribution >= 4 is 24.0 Å². The molecule has 0 bridgehead atoms. The van der Waals surface area contributed by atoms with Crippen LogP contribution in [0.15, 0.2) is 21.7 Å². The molecule has 7 heavy (non-hydrogen) atoms. The van der Waals surface area contributed by atoms with E-state index in [4.69, 9.17) is 12.6 Å². The Morgan fingerprint density at radius 1 is 1.57 bits per heavy atom. The Hall–Kier alpha value is 0.517. The first-order valence-corrected chi connectivity index (χ1v) is 2.89. The molecular weight excluding hydrogens is 119 g/mol. The Morgan fingerprint density at radius 3 is 2.43 bits per heavy atom. The summed E-state index contributed by atoms with van der Waals surface area (Å²) in [4.78, 5) is 0. The van der Waals surface area contributed by atoms with Crippen LogP contribution in [-0.2, 0) is 12.6 Å². The van der Waals surface area contributed by atoms with Gasteiger partial charge >= 0.3 is 18.9 Å². The normalized spacial score (nSPS) is 7.43. The van der Waals surface area contributed by atoms with Crippen LogP contribution in [0.5, 0.6) is 0 Å². The zero-order chi connectivity index (χ0) is 4.41. The molecule has 0 aliphatic heterocycles. The number of hydrogen-bond acceptors (Lipinski definition) is 2. The summed E-state index contributed by atoms with van der Waals surface area (Å²) in [7, 11) is 0. The van der Waals surface area contributed by atoms with E-state index in [9.17, 15) is 0 Å². The van der Waals surface area contributed by atoms with Crippen LogP contribution in [0.3, 0.4) is 0 Å². The fourth-order valence-corrected chi connectivity index (χ4v) is 0.957. The average molecular weight is 122 g/mol. The number of rotatable bonds is 0. The number of thiophene rings is 1. The molecule has 0 unspecified atom stereocenters. The molecular formula is C4H3LiS2. The van der Waals surface area contributed by atoms with Crippen molar-refractivity contribution in [3.05, 3.63) is 17.5 Å². The van der Waals surface area contributed by atoms with Gasteiger partial charge in [-0.15, -0.1) is 9.59 Å². The minimum atomic E-state index is 0. The molecule has 3 heteroatoms. The van der Waals surface area contributed by atoms with Crippen LogP contribution in [-0.4, -0.2) is 0 Å². The van der Waals surface area contributed by atoms with Crippen LogP contribution in [0.1, 0.15) is 0 Å². The third-order valence-corrected chi connectivity index (χ3v) is 1.58. The first-order chi connectivity index (χ1) is 2.89. The van der Waals surface area contributed by atoms with Gasteiger partial charge in [-0.25, -0.2) is 0 Å². The van der Waals surface area contributed by atoms with E-state index in [-0.39, 0.29) is 18.9 Å². The van der Waals surface area contributed by atoms with Crippen molar-refractivity contribution in [3.8, 4) is 0 Å². The van der Waals surface area contributed by atoms with Crippen LogP contribution < -0.4 is 18.9 Å². The smallest absolute Gasteiger partial charge is 0.428 e. The second-order valence-electron chi connectivity index (χ2n) is 0.932. The standard InChI is InChI=1S/C4H4S2.Li/c5-4-2-1-3-6-4;/h1-3,5H;/q;+1/p-1. The molecule has 0 aliphatic rings. The van der Waals surface area contributed by atoms with Gasteiger partial charge in [-0.05, 0) is 0 Å². The summed E-state index contributed by atoms with van der Waals surface area (Å²) in [5.41, 5.74) is 0. The Balaban J connectivity index is 0.000000360. The van der Waals surface area contributed by atoms with Gasteiger partial charge in [0.1, 0.15) is 0 Å². The van der Waals surface area contributed by atoms with Crippen LogP contribution in [0.2, 0.25) is 0 Å². The first kappa shape index (κ1) is 7.52. The topological polar surface area (TPSA) is 0 Å². The van der Waals surface area contributed by atoms with E-state index in [1.54, 1.807) is 11.3 Å². The molecule has 0 spiro atoms. The van der Waals surface area contributed by atoms with E-state index in [1.807, 2.05) is 17.5 Å². The van der Waals surface area contributed by atoms with Crippen molar-refractivity contribution in [1.29, 1.82) is 0 Å². The summed E-state index contributed by atoms with van der Waals surface area (Å²) in [5, 5.41) is 1.97. The molecule has 0 saturated carbocycles. The van der Waals surface area contributed by atoms with Crippen LogP contribution in [0.25, 0.3) is 0 Å². The number of hydrogen-bond donors (Lipinski definition) is 0. The molecule has 0 nitrogen and oxygen atoms in total. The SMILES string of the molecule is [Li+].[S-]c1cccs1. The summed E-state index contributed by atoms with van der Waals surface area (Å²) in [6.45, 7) is 0. The summed E-state index contributed by atoms with van der Waals surface area (Å²) < 4.78 is 0.968. The Morgan fingerprint density at radius 2 is 2.29 bits per heavy atom. The maximum Gasteiger partial charge on any atom is 1.00 e. The largest absolute Gasteiger partial charge is 1.00 e. The van der Waals surface area contributed by atoms with Gasteiger partial charge in [0.05, 0.1) is 0 Å². The van der Waals surface area contributed by atoms with Crippen molar-refractivity contribution in [2.45, 2.75) is 4.21 Å². The predicted molar refractivity (Wildman–Crippen MR) is 29.9 cm³/mol. The molecule has 1 aromatic heterocycles. The first-order valence-electron chi connectivity index (χ1n) is 1.60. The van der Waals surface area contributed by atoms with E-state index in [2.05, 4.69) is 0 Å². The van der Waals surface area contributed by atoms with Gasteiger partial charge in [-0.3, -0.25) is 0 Å². The van der Waals surface area contributed by atoms with Crippen LogP contribution >= 0.6 is 11.3 Å². The van der Waals surface area contributed by atoms with Gasteiger partial charge in [0.15, 0.2) is 0 Å². The maximum atomic E-state index is 4.76. The third-order valence-electron chi connectivity index (χ3n) is 0.495. The zero-order valence-electron chi connectivity index (χ0n) is 4.05. The van der Waals surface area contributed by atoms with Gasteiger partial charge in [-0.1, -0.05) is 12.1 Å². The van der Waals surface area contributed by atoms with Gasteiger partial charge in [0, 0.05) is 0 Å². The van der Waals surface area contributed by atoms with Crippen molar-refractivity contribution in [2.75, 3.05) is 0 Å². The Bertz CT molecular complexity index is 113. The molecule has 0 aromatic carbocycles. The summed E-state index contributed by atoms with van der Waals surface area (Å²) in [6.07, 6.45) is 0. The van der Waals surface area contributed by atoms with E-state index in [0.29, 0.717) is 0 Å². The predicted octanol–water partition coefficient (Wildman–Crippen LogP) is -1.34. The quantitative estimate of drug-likeness (QED) is 0.303. The minimum absolute atomic E-state index is 0. The maximum absolute atomic E-state index is 4.76. The van der Waals surface area contributed by atoms with Gasteiger partial charge in [0.2, 0.25) is 0 Å². The molecule has 0 N–H and O–H groups in total. The van der Waals surface area contributed by atoms with Crippen molar-refractivity contribution < 1.29 is 18.9 Å². The van der Waals surface area contributed by atoms with E-state index < -0.39 is 0 Å². The molecule has 1 heterocycles. The summed E-state index contributed by atoms with van der Waals surface area (Å²) >= 11 is 6.36. The molecule has 0 amide bonds. The van der Waals surface area contributed by atoms with Crippen molar-refractivity contribution in [3.63, 3.8) is 0 Å². The second-order valence-corrected chi connectivity index (χ2v) is 2.58.